The Morgan fingerprint density at radius 2 is 2.09 bits per heavy atom. The number of aromatic nitrogens is 1. The molecule has 0 saturated carbocycles. The van der Waals surface area contributed by atoms with Crippen molar-refractivity contribution in [3.05, 3.63) is 15.6 Å². The fraction of sp³-hybridized carbons (Fsp3) is 0.750. The van der Waals surface area contributed by atoms with Gasteiger partial charge in [-0.2, -0.15) is 0 Å². The highest BCUT2D eigenvalue weighted by Crippen LogP contribution is 2.31. The highest BCUT2D eigenvalue weighted by atomic mass is 35.5. The average molecular weight is 346 g/mol. The number of piperidine rings is 1. The van der Waals surface area contributed by atoms with Crippen LogP contribution in [0.15, 0.2) is 0 Å². The monoisotopic (exact) mass is 345 g/mol. The first-order chi connectivity index (χ1) is 9.74. The number of carbonyl (C=O) groups is 1. The standard InChI is InChI=1S/C16H27N3OS.ClH/c1-10-6-7-19(12(8-10)9-17)14(20)13-11(2)18-15(21-13)16(3,4)5;/h10,12H,6-9,17H2,1-5H3;1H. The molecule has 0 radical (unpaired) electrons. The molecule has 2 heterocycles. The minimum absolute atomic E-state index is 0. The fourth-order valence-corrected chi connectivity index (χ4v) is 3.87. The van der Waals surface area contributed by atoms with E-state index in [0.717, 1.165) is 35.0 Å². The van der Waals surface area contributed by atoms with Crippen molar-refractivity contribution < 1.29 is 4.79 Å². The lowest BCUT2D eigenvalue weighted by Gasteiger charge is -2.37. The topological polar surface area (TPSA) is 59.2 Å². The lowest BCUT2D eigenvalue weighted by molar-refractivity contribution is 0.0577. The van der Waals surface area contributed by atoms with Gasteiger partial charge < -0.3 is 10.6 Å². The summed E-state index contributed by atoms with van der Waals surface area (Å²) in [6, 6.07) is 0.167. The first-order valence-electron chi connectivity index (χ1n) is 7.73. The molecular formula is C16H28ClN3OS. The Balaban J connectivity index is 0.00000242. The average Bonchev–Trinajstić information content (AvgIpc) is 2.80. The van der Waals surface area contributed by atoms with Gasteiger partial charge in [-0.3, -0.25) is 4.79 Å². The second-order valence-corrected chi connectivity index (χ2v) is 8.20. The molecule has 0 bridgehead atoms. The number of hydrogen-bond donors (Lipinski definition) is 1. The van der Waals surface area contributed by atoms with Crippen molar-refractivity contribution in [3.8, 4) is 0 Å². The molecule has 1 fully saturated rings. The maximum absolute atomic E-state index is 12.9. The van der Waals surface area contributed by atoms with Crippen LogP contribution in [0.4, 0.5) is 0 Å². The van der Waals surface area contributed by atoms with Crippen molar-refractivity contribution in [1.29, 1.82) is 0 Å². The Morgan fingerprint density at radius 3 is 2.59 bits per heavy atom. The molecule has 6 heteroatoms. The van der Waals surface area contributed by atoms with Gasteiger partial charge in [0.05, 0.1) is 10.7 Å². The van der Waals surface area contributed by atoms with Gasteiger partial charge in [0.15, 0.2) is 0 Å². The molecule has 126 valence electrons. The first-order valence-corrected chi connectivity index (χ1v) is 8.54. The number of nitrogens with zero attached hydrogens (tertiary/aromatic N) is 2. The third kappa shape index (κ3) is 4.00. The summed E-state index contributed by atoms with van der Waals surface area (Å²) in [7, 11) is 0. The summed E-state index contributed by atoms with van der Waals surface area (Å²) in [5.41, 5.74) is 6.71. The van der Waals surface area contributed by atoms with Gasteiger partial charge in [-0.05, 0) is 25.7 Å². The zero-order chi connectivity index (χ0) is 15.8. The van der Waals surface area contributed by atoms with Gasteiger partial charge >= 0.3 is 0 Å². The molecule has 1 aromatic heterocycles. The number of hydrogen-bond acceptors (Lipinski definition) is 4. The van der Waals surface area contributed by atoms with E-state index in [0.29, 0.717) is 12.5 Å². The van der Waals surface area contributed by atoms with E-state index in [1.165, 1.54) is 11.3 Å². The zero-order valence-electron chi connectivity index (χ0n) is 14.2. The number of halogens is 1. The van der Waals surface area contributed by atoms with Gasteiger partial charge in [0, 0.05) is 24.5 Å². The number of nitrogens with two attached hydrogens (primary N) is 1. The Kier molecular flexibility index (Phi) is 6.42. The molecule has 0 aliphatic carbocycles. The molecule has 1 aromatic rings. The van der Waals surface area contributed by atoms with Crippen LogP contribution in [0.2, 0.25) is 0 Å². The predicted octanol–water partition coefficient (Wildman–Crippen LogP) is 3.37. The van der Waals surface area contributed by atoms with Gasteiger partial charge in [0.1, 0.15) is 4.88 Å². The molecule has 2 atom stereocenters. The maximum atomic E-state index is 12.9. The molecule has 1 aliphatic heterocycles. The van der Waals surface area contributed by atoms with Crippen LogP contribution in [0.3, 0.4) is 0 Å². The van der Waals surface area contributed by atoms with Crippen LogP contribution in [0.25, 0.3) is 0 Å². The second-order valence-electron chi connectivity index (χ2n) is 7.20. The summed E-state index contributed by atoms with van der Waals surface area (Å²) in [5.74, 6) is 0.762. The van der Waals surface area contributed by atoms with Crippen LogP contribution < -0.4 is 5.73 Å². The number of carbonyl (C=O) groups excluding carboxylic acids is 1. The van der Waals surface area contributed by atoms with Crippen molar-refractivity contribution >= 4 is 29.7 Å². The van der Waals surface area contributed by atoms with Crippen LogP contribution in [-0.2, 0) is 5.41 Å². The number of rotatable bonds is 2. The molecule has 2 N–H and O–H groups in total. The van der Waals surface area contributed by atoms with Crippen molar-refractivity contribution in [2.24, 2.45) is 11.7 Å². The largest absolute Gasteiger partial charge is 0.334 e. The van der Waals surface area contributed by atoms with Gasteiger partial charge in [-0.1, -0.05) is 27.7 Å². The van der Waals surface area contributed by atoms with E-state index < -0.39 is 0 Å². The van der Waals surface area contributed by atoms with E-state index in [9.17, 15) is 4.79 Å². The molecule has 22 heavy (non-hydrogen) atoms. The Bertz CT molecular complexity index is 524. The summed E-state index contributed by atoms with van der Waals surface area (Å²) in [5, 5.41) is 1.03. The van der Waals surface area contributed by atoms with Crippen LogP contribution in [0.1, 0.15) is 60.9 Å². The highest BCUT2D eigenvalue weighted by Gasteiger charge is 2.32. The lowest BCUT2D eigenvalue weighted by Crippen LogP contribution is -2.49. The van der Waals surface area contributed by atoms with E-state index in [1.807, 2.05) is 11.8 Å². The number of amides is 1. The van der Waals surface area contributed by atoms with Crippen LogP contribution in [0.5, 0.6) is 0 Å². The number of thiazole rings is 1. The summed E-state index contributed by atoms with van der Waals surface area (Å²) < 4.78 is 0. The van der Waals surface area contributed by atoms with E-state index in [-0.39, 0.29) is 29.8 Å². The van der Waals surface area contributed by atoms with E-state index in [2.05, 4.69) is 32.7 Å². The van der Waals surface area contributed by atoms with Crippen molar-refractivity contribution in [2.45, 2.75) is 58.9 Å². The van der Waals surface area contributed by atoms with Crippen molar-refractivity contribution in [2.75, 3.05) is 13.1 Å². The summed E-state index contributed by atoms with van der Waals surface area (Å²) in [4.78, 5) is 20.2. The molecule has 2 unspecified atom stereocenters. The zero-order valence-corrected chi connectivity index (χ0v) is 15.8. The highest BCUT2D eigenvalue weighted by molar-refractivity contribution is 7.14. The minimum Gasteiger partial charge on any atom is -0.334 e. The molecule has 0 aromatic carbocycles. The fourth-order valence-electron chi connectivity index (χ4n) is 2.79. The SMILES string of the molecule is Cc1nc(C(C)(C)C)sc1C(=O)N1CCC(C)CC1CN.Cl. The van der Waals surface area contributed by atoms with Crippen LogP contribution in [-0.4, -0.2) is 34.9 Å². The third-order valence-corrected chi connectivity index (χ3v) is 5.71. The van der Waals surface area contributed by atoms with E-state index in [1.54, 1.807) is 0 Å². The van der Waals surface area contributed by atoms with Gasteiger partial charge in [-0.25, -0.2) is 4.98 Å². The second kappa shape index (κ2) is 7.28. The normalized spacial score (nSPS) is 22.4. The smallest absolute Gasteiger partial charge is 0.266 e. The van der Waals surface area contributed by atoms with E-state index >= 15 is 0 Å². The summed E-state index contributed by atoms with van der Waals surface area (Å²) >= 11 is 1.54. The van der Waals surface area contributed by atoms with Crippen LogP contribution >= 0.6 is 23.7 Å². The molecule has 0 spiro atoms. The molecule has 2 rings (SSSR count). The molecule has 1 aliphatic rings. The Morgan fingerprint density at radius 1 is 1.45 bits per heavy atom. The number of likely N-dealkylation sites (tertiary alicyclic amines) is 1. The molecule has 4 nitrogen and oxygen atoms in total. The van der Waals surface area contributed by atoms with Crippen molar-refractivity contribution in [3.63, 3.8) is 0 Å². The molecule has 1 amide bonds. The minimum atomic E-state index is -0.0162. The predicted molar refractivity (Wildman–Crippen MR) is 95.1 cm³/mol. The molecular weight excluding hydrogens is 318 g/mol. The van der Waals surface area contributed by atoms with Crippen molar-refractivity contribution in [1.82, 2.24) is 9.88 Å². The van der Waals surface area contributed by atoms with Gasteiger partial charge in [0.2, 0.25) is 0 Å². The van der Waals surface area contributed by atoms with E-state index in [4.69, 9.17) is 5.73 Å². The van der Waals surface area contributed by atoms with Gasteiger partial charge in [0.25, 0.3) is 5.91 Å². The Hall–Kier alpha value is -0.650. The van der Waals surface area contributed by atoms with Crippen LogP contribution in [0, 0.1) is 12.8 Å². The summed E-state index contributed by atoms with van der Waals surface area (Å²) in [6.45, 7) is 11.9. The molecule has 1 saturated heterocycles. The maximum Gasteiger partial charge on any atom is 0.266 e. The Labute approximate surface area is 143 Å². The van der Waals surface area contributed by atoms with Gasteiger partial charge in [-0.15, -0.1) is 23.7 Å². The third-order valence-electron chi connectivity index (χ3n) is 4.14. The number of aryl methyl sites for hydroxylation is 1. The lowest BCUT2D eigenvalue weighted by atomic mass is 9.92. The summed E-state index contributed by atoms with van der Waals surface area (Å²) in [6.07, 6.45) is 2.07. The first kappa shape index (κ1) is 19.4. The quantitative estimate of drug-likeness (QED) is 0.893.